The van der Waals surface area contributed by atoms with Crippen molar-refractivity contribution in [3.05, 3.63) is 76.3 Å². The highest BCUT2D eigenvalue weighted by molar-refractivity contribution is 7.20. The van der Waals surface area contributed by atoms with Gasteiger partial charge in [-0.3, -0.25) is 4.79 Å². The molecular weight excluding hydrogens is 354 g/mol. The number of hydrogen-bond acceptors (Lipinski definition) is 4. The molecule has 2 heterocycles. The maximum Gasteiger partial charge on any atom is 0.266 e. The fourth-order valence-corrected chi connectivity index (χ4v) is 4.22. The zero-order valence-electron chi connectivity index (χ0n) is 15.4. The summed E-state index contributed by atoms with van der Waals surface area (Å²) in [6, 6.07) is 17.7. The molecule has 0 spiro atoms. The summed E-state index contributed by atoms with van der Waals surface area (Å²) in [4.78, 5) is 23.7. The van der Waals surface area contributed by atoms with E-state index in [2.05, 4.69) is 10.3 Å². The van der Waals surface area contributed by atoms with Gasteiger partial charge in [0.05, 0.1) is 10.6 Å². The number of rotatable bonds is 3. The van der Waals surface area contributed by atoms with Crippen LogP contribution in [0, 0.1) is 20.8 Å². The Balaban J connectivity index is 1.74. The lowest BCUT2D eigenvalue weighted by Gasteiger charge is -2.05. The van der Waals surface area contributed by atoms with Gasteiger partial charge in [0.25, 0.3) is 5.91 Å². The number of nitrogens with zero attached hydrogens (tertiary/aromatic N) is 2. The van der Waals surface area contributed by atoms with Crippen LogP contribution in [0.5, 0.6) is 0 Å². The lowest BCUT2D eigenvalue weighted by atomic mass is 10.1. The molecule has 0 saturated heterocycles. The molecule has 0 aliphatic rings. The standard InChI is InChI=1S/C22H19N3OS/c1-13-9-11-17(12-10-13)24-21(26)19-14(2)18-15(3)23-20(25-22(18)27-19)16-7-5-4-6-8-16/h4-12H,1-3H3,(H,24,26). The van der Waals surface area contributed by atoms with E-state index in [0.29, 0.717) is 10.7 Å². The number of carbonyl (C=O) groups is 1. The minimum Gasteiger partial charge on any atom is -0.321 e. The number of aryl methyl sites for hydroxylation is 3. The van der Waals surface area contributed by atoms with Gasteiger partial charge in [-0.15, -0.1) is 11.3 Å². The second-order valence-corrected chi connectivity index (χ2v) is 7.55. The predicted molar refractivity (Wildman–Crippen MR) is 111 cm³/mol. The Morgan fingerprint density at radius 1 is 0.926 bits per heavy atom. The van der Waals surface area contributed by atoms with Crippen molar-refractivity contribution in [3.63, 3.8) is 0 Å². The maximum absolute atomic E-state index is 12.8. The number of benzene rings is 2. The Bertz CT molecular complexity index is 1130. The monoisotopic (exact) mass is 373 g/mol. The molecule has 4 nitrogen and oxygen atoms in total. The van der Waals surface area contributed by atoms with E-state index in [1.807, 2.05) is 75.4 Å². The van der Waals surface area contributed by atoms with Gasteiger partial charge in [-0.25, -0.2) is 9.97 Å². The predicted octanol–water partition coefficient (Wildman–Crippen LogP) is 5.54. The number of thiophene rings is 1. The molecule has 0 bridgehead atoms. The van der Waals surface area contributed by atoms with Crippen LogP contribution in [0.3, 0.4) is 0 Å². The first-order valence-corrected chi connectivity index (χ1v) is 9.56. The number of carbonyl (C=O) groups excluding carboxylic acids is 1. The summed E-state index contributed by atoms with van der Waals surface area (Å²) in [5.74, 6) is 0.576. The molecule has 2 aromatic heterocycles. The zero-order chi connectivity index (χ0) is 19.0. The summed E-state index contributed by atoms with van der Waals surface area (Å²) in [6.45, 7) is 5.95. The van der Waals surface area contributed by atoms with Crippen LogP contribution in [0.4, 0.5) is 5.69 Å². The normalized spacial score (nSPS) is 10.9. The van der Waals surface area contributed by atoms with Crippen molar-refractivity contribution < 1.29 is 4.79 Å². The molecule has 0 aliphatic heterocycles. The lowest BCUT2D eigenvalue weighted by molar-refractivity contribution is 0.103. The lowest BCUT2D eigenvalue weighted by Crippen LogP contribution is -2.11. The number of fused-ring (bicyclic) bond motifs is 1. The third kappa shape index (κ3) is 3.34. The minimum absolute atomic E-state index is 0.111. The molecule has 0 aliphatic carbocycles. The molecule has 1 amide bonds. The topological polar surface area (TPSA) is 54.9 Å². The van der Waals surface area contributed by atoms with Gasteiger partial charge in [-0.05, 0) is 38.5 Å². The van der Waals surface area contributed by atoms with Crippen molar-refractivity contribution in [2.45, 2.75) is 20.8 Å². The highest BCUT2D eigenvalue weighted by Gasteiger charge is 2.19. The average molecular weight is 373 g/mol. The summed E-state index contributed by atoms with van der Waals surface area (Å²) in [6.07, 6.45) is 0. The third-order valence-corrected chi connectivity index (χ3v) is 5.70. The van der Waals surface area contributed by atoms with Gasteiger partial charge in [0.1, 0.15) is 4.83 Å². The first kappa shape index (κ1) is 17.4. The molecule has 27 heavy (non-hydrogen) atoms. The quantitative estimate of drug-likeness (QED) is 0.513. The third-order valence-electron chi connectivity index (χ3n) is 4.52. The molecular formula is C22H19N3OS. The number of amides is 1. The second kappa shape index (κ2) is 6.93. The molecule has 0 atom stereocenters. The Morgan fingerprint density at radius 3 is 2.33 bits per heavy atom. The summed E-state index contributed by atoms with van der Waals surface area (Å²) in [5.41, 5.74) is 4.73. The van der Waals surface area contributed by atoms with E-state index in [9.17, 15) is 4.79 Å². The van der Waals surface area contributed by atoms with Crippen LogP contribution in [0.25, 0.3) is 21.6 Å². The van der Waals surface area contributed by atoms with Gasteiger partial charge < -0.3 is 5.32 Å². The van der Waals surface area contributed by atoms with Crippen LogP contribution in [-0.2, 0) is 0 Å². The smallest absolute Gasteiger partial charge is 0.266 e. The minimum atomic E-state index is -0.111. The average Bonchev–Trinajstić information content (AvgIpc) is 3.01. The van der Waals surface area contributed by atoms with E-state index < -0.39 is 0 Å². The van der Waals surface area contributed by atoms with Crippen LogP contribution >= 0.6 is 11.3 Å². The van der Waals surface area contributed by atoms with E-state index >= 15 is 0 Å². The van der Waals surface area contributed by atoms with Gasteiger partial charge in [-0.1, -0.05) is 48.0 Å². The van der Waals surface area contributed by atoms with Gasteiger partial charge in [0.2, 0.25) is 0 Å². The fourth-order valence-electron chi connectivity index (χ4n) is 3.10. The molecule has 0 fully saturated rings. The molecule has 134 valence electrons. The number of anilines is 1. The van der Waals surface area contributed by atoms with Crippen LogP contribution in [0.2, 0.25) is 0 Å². The molecule has 2 aromatic carbocycles. The van der Waals surface area contributed by atoms with Crippen molar-refractivity contribution in [2.75, 3.05) is 5.32 Å². The number of nitrogens with one attached hydrogen (secondary N) is 1. The van der Waals surface area contributed by atoms with Gasteiger partial charge in [0.15, 0.2) is 5.82 Å². The second-order valence-electron chi connectivity index (χ2n) is 6.56. The highest BCUT2D eigenvalue weighted by Crippen LogP contribution is 2.33. The summed E-state index contributed by atoms with van der Waals surface area (Å²) < 4.78 is 0. The Kier molecular flexibility index (Phi) is 4.46. The van der Waals surface area contributed by atoms with Gasteiger partial charge >= 0.3 is 0 Å². The van der Waals surface area contributed by atoms with Crippen LogP contribution in [0.15, 0.2) is 54.6 Å². The van der Waals surface area contributed by atoms with E-state index in [4.69, 9.17) is 4.98 Å². The maximum atomic E-state index is 12.8. The van der Waals surface area contributed by atoms with E-state index in [-0.39, 0.29) is 5.91 Å². The van der Waals surface area contributed by atoms with E-state index in [1.165, 1.54) is 11.3 Å². The van der Waals surface area contributed by atoms with Crippen molar-refractivity contribution in [1.29, 1.82) is 0 Å². The van der Waals surface area contributed by atoms with Crippen LogP contribution < -0.4 is 5.32 Å². The molecule has 0 unspecified atom stereocenters. The number of hydrogen-bond donors (Lipinski definition) is 1. The molecule has 4 rings (SSSR count). The van der Waals surface area contributed by atoms with Crippen molar-refractivity contribution in [3.8, 4) is 11.4 Å². The first-order valence-electron chi connectivity index (χ1n) is 8.74. The van der Waals surface area contributed by atoms with Crippen LogP contribution in [-0.4, -0.2) is 15.9 Å². The molecule has 1 N–H and O–H groups in total. The van der Waals surface area contributed by atoms with Crippen molar-refractivity contribution in [1.82, 2.24) is 9.97 Å². The van der Waals surface area contributed by atoms with Gasteiger partial charge in [0, 0.05) is 16.6 Å². The van der Waals surface area contributed by atoms with Crippen molar-refractivity contribution in [2.24, 2.45) is 0 Å². The van der Waals surface area contributed by atoms with E-state index in [1.54, 1.807) is 0 Å². The Morgan fingerprint density at radius 2 is 1.63 bits per heavy atom. The summed E-state index contributed by atoms with van der Waals surface area (Å²) in [7, 11) is 0. The Hall–Kier alpha value is -3.05. The molecule has 5 heteroatoms. The fraction of sp³-hybridized carbons (Fsp3) is 0.136. The largest absolute Gasteiger partial charge is 0.321 e. The van der Waals surface area contributed by atoms with E-state index in [0.717, 1.165) is 38.3 Å². The Labute approximate surface area is 161 Å². The highest BCUT2D eigenvalue weighted by atomic mass is 32.1. The molecule has 4 aromatic rings. The summed E-state index contributed by atoms with van der Waals surface area (Å²) in [5, 5.41) is 3.94. The molecule has 0 saturated carbocycles. The van der Waals surface area contributed by atoms with Crippen LogP contribution in [0.1, 0.15) is 26.5 Å². The van der Waals surface area contributed by atoms with Crippen molar-refractivity contribution >= 4 is 33.1 Å². The molecule has 0 radical (unpaired) electrons. The number of aromatic nitrogens is 2. The zero-order valence-corrected chi connectivity index (χ0v) is 16.2. The first-order chi connectivity index (χ1) is 13.0. The summed E-state index contributed by atoms with van der Waals surface area (Å²) >= 11 is 1.41. The van der Waals surface area contributed by atoms with Gasteiger partial charge in [-0.2, -0.15) is 0 Å². The SMILES string of the molecule is Cc1ccc(NC(=O)c2sc3nc(-c4ccccc4)nc(C)c3c2C)cc1.